The number of anilines is 1. The number of amides is 1. The lowest BCUT2D eigenvalue weighted by Crippen LogP contribution is -2.09. The summed E-state index contributed by atoms with van der Waals surface area (Å²) >= 11 is 3.41. The van der Waals surface area contributed by atoms with Crippen LogP contribution in [0.25, 0.3) is 0 Å². The molecule has 0 saturated carbocycles. The van der Waals surface area contributed by atoms with Gasteiger partial charge >= 0.3 is 0 Å². The van der Waals surface area contributed by atoms with Crippen molar-refractivity contribution >= 4 is 27.5 Å². The molecule has 1 rings (SSSR count). The van der Waals surface area contributed by atoms with E-state index in [9.17, 15) is 4.79 Å². The first-order valence-corrected chi connectivity index (χ1v) is 6.52. The number of carbonyl (C=O) groups excluding carboxylic acids is 1. The maximum absolute atomic E-state index is 11.1. The van der Waals surface area contributed by atoms with Gasteiger partial charge in [0.2, 0.25) is 5.91 Å². The molecule has 1 amide bonds. The maximum atomic E-state index is 11.1. The molecule has 0 radical (unpaired) electrons. The zero-order chi connectivity index (χ0) is 13.4. The van der Waals surface area contributed by atoms with Crippen LogP contribution in [0.15, 0.2) is 16.6 Å². The van der Waals surface area contributed by atoms with Gasteiger partial charge in [-0.25, -0.2) is 0 Å². The molecule has 4 heteroatoms. The Hall–Kier alpha value is -1.03. The van der Waals surface area contributed by atoms with Crippen molar-refractivity contribution in [1.82, 2.24) is 0 Å². The maximum Gasteiger partial charge on any atom is 0.221 e. The van der Waals surface area contributed by atoms with Crippen molar-refractivity contribution in [3.63, 3.8) is 0 Å². The van der Waals surface area contributed by atoms with Gasteiger partial charge in [0, 0.05) is 17.0 Å². The second kappa shape index (κ2) is 8.12. The number of hydrogen-bond donors (Lipinski definition) is 1. The van der Waals surface area contributed by atoms with E-state index in [4.69, 9.17) is 4.74 Å². The summed E-state index contributed by atoms with van der Waals surface area (Å²) in [6.45, 7) is 7.51. The predicted octanol–water partition coefficient (Wildman–Crippen LogP) is 4.00. The molecule has 0 aliphatic carbocycles. The van der Waals surface area contributed by atoms with Gasteiger partial charge in [-0.15, -0.1) is 0 Å². The molecule has 0 atom stereocenters. The van der Waals surface area contributed by atoms with E-state index in [1.165, 1.54) is 6.92 Å². The van der Waals surface area contributed by atoms with Crippen LogP contribution in [0, 0.1) is 0 Å². The lowest BCUT2D eigenvalue weighted by atomic mass is 10.1. The number of rotatable bonds is 3. The van der Waals surface area contributed by atoms with Crippen LogP contribution in [0.2, 0.25) is 0 Å². The van der Waals surface area contributed by atoms with E-state index in [1.807, 2.05) is 32.9 Å². The van der Waals surface area contributed by atoms with Crippen LogP contribution in [0.1, 0.15) is 33.3 Å². The molecule has 0 bridgehead atoms. The van der Waals surface area contributed by atoms with Gasteiger partial charge in [0.25, 0.3) is 0 Å². The first-order chi connectivity index (χ1) is 8.10. The summed E-state index contributed by atoms with van der Waals surface area (Å²) in [5.41, 5.74) is 1.80. The highest BCUT2D eigenvalue weighted by Gasteiger charge is 2.11. The largest absolute Gasteiger partial charge is 0.496 e. The molecular formula is C13H20BrNO2. The molecule has 1 N–H and O–H groups in total. The average molecular weight is 302 g/mol. The molecule has 0 spiro atoms. The standard InChI is InChI=1S/C11H14BrNO2.C2H6/c1-4-8-10(15-3)6-5-9(12)11(8)13-7(2)14;1-2/h5-6H,4H2,1-3H3,(H,13,14);1-2H3. The number of carbonyl (C=O) groups is 1. The minimum Gasteiger partial charge on any atom is -0.496 e. The van der Waals surface area contributed by atoms with E-state index in [0.717, 1.165) is 27.9 Å². The van der Waals surface area contributed by atoms with Crippen LogP contribution in [0.5, 0.6) is 5.75 Å². The Morgan fingerprint density at radius 2 is 2.00 bits per heavy atom. The third-order valence-electron chi connectivity index (χ3n) is 2.09. The fraction of sp³-hybridized carbons (Fsp3) is 0.462. The van der Waals surface area contributed by atoms with Crippen molar-refractivity contribution in [2.24, 2.45) is 0 Å². The van der Waals surface area contributed by atoms with Gasteiger partial charge in [-0.1, -0.05) is 20.8 Å². The monoisotopic (exact) mass is 301 g/mol. The van der Waals surface area contributed by atoms with Crippen LogP contribution in [-0.4, -0.2) is 13.0 Å². The van der Waals surface area contributed by atoms with Crippen LogP contribution < -0.4 is 10.1 Å². The zero-order valence-electron chi connectivity index (χ0n) is 11.1. The van der Waals surface area contributed by atoms with E-state index in [2.05, 4.69) is 21.2 Å². The summed E-state index contributed by atoms with van der Waals surface area (Å²) in [6.07, 6.45) is 0.804. The van der Waals surface area contributed by atoms with Gasteiger partial charge in [0.15, 0.2) is 0 Å². The van der Waals surface area contributed by atoms with Gasteiger partial charge in [0.1, 0.15) is 5.75 Å². The van der Waals surface area contributed by atoms with Crippen LogP contribution in [0.4, 0.5) is 5.69 Å². The fourth-order valence-electron chi connectivity index (χ4n) is 1.45. The van der Waals surface area contributed by atoms with E-state index in [0.29, 0.717) is 0 Å². The van der Waals surface area contributed by atoms with Gasteiger partial charge in [-0.2, -0.15) is 0 Å². The quantitative estimate of drug-likeness (QED) is 0.916. The summed E-state index contributed by atoms with van der Waals surface area (Å²) in [6, 6.07) is 3.75. The van der Waals surface area contributed by atoms with Crippen molar-refractivity contribution in [1.29, 1.82) is 0 Å². The number of hydrogen-bond acceptors (Lipinski definition) is 2. The molecule has 1 aromatic carbocycles. The Balaban J connectivity index is 0.00000121. The normalized spacial score (nSPS) is 9.06. The highest BCUT2D eigenvalue weighted by molar-refractivity contribution is 9.10. The van der Waals surface area contributed by atoms with Crippen molar-refractivity contribution in [2.75, 3.05) is 12.4 Å². The van der Waals surface area contributed by atoms with Crippen molar-refractivity contribution < 1.29 is 9.53 Å². The third kappa shape index (κ3) is 4.38. The highest BCUT2D eigenvalue weighted by atomic mass is 79.9. The summed E-state index contributed by atoms with van der Waals surface area (Å²) in [5, 5.41) is 2.80. The second-order valence-electron chi connectivity index (χ2n) is 3.14. The molecule has 0 aliphatic heterocycles. The minimum absolute atomic E-state index is 0.0846. The fourth-order valence-corrected chi connectivity index (χ4v) is 1.92. The molecule has 0 aliphatic rings. The zero-order valence-corrected chi connectivity index (χ0v) is 12.6. The predicted molar refractivity (Wildman–Crippen MR) is 75.7 cm³/mol. The van der Waals surface area contributed by atoms with Crippen molar-refractivity contribution in [3.8, 4) is 5.75 Å². The molecule has 1 aromatic rings. The Morgan fingerprint density at radius 3 is 2.41 bits per heavy atom. The first kappa shape index (κ1) is 16.0. The molecule has 17 heavy (non-hydrogen) atoms. The lowest BCUT2D eigenvalue weighted by molar-refractivity contribution is -0.114. The molecular weight excluding hydrogens is 282 g/mol. The number of methoxy groups -OCH3 is 1. The van der Waals surface area contributed by atoms with Crippen molar-refractivity contribution in [3.05, 3.63) is 22.2 Å². The average Bonchev–Trinajstić information content (AvgIpc) is 2.33. The first-order valence-electron chi connectivity index (χ1n) is 5.73. The second-order valence-corrected chi connectivity index (χ2v) is 3.99. The van der Waals surface area contributed by atoms with Gasteiger partial charge in [0.05, 0.1) is 12.8 Å². The highest BCUT2D eigenvalue weighted by Crippen LogP contribution is 2.33. The van der Waals surface area contributed by atoms with Crippen LogP contribution >= 0.6 is 15.9 Å². The van der Waals surface area contributed by atoms with Crippen LogP contribution in [-0.2, 0) is 11.2 Å². The number of ether oxygens (including phenoxy) is 1. The number of nitrogens with one attached hydrogen (secondary N) is 1. The lowest BCUT2D eigenvalue weighted by Gasteiger charge is -2.14. The molecule has 3 nitrogen and oxygen atoms in total. The Kier molecular flexibility index (Phi) is 7.63. The van der Waals surface area contributed by atoms with E-state index in [-0.39, 0.29) is 5.91 Å². The summed E-state index contributed by atoms with van der Waals surface area (Å²) in [7, 11) is 1.62. The SMILES string of the molecule is CC.CCc1c(OC)ccc(Br)c1NC(C)=O. The Labute approximate surface area is 112 Å². The molecule has 96 valence electrons. The molecule has 0 heterocycles. The number of benzene rings is 1. The summed E-state index contributed by atoms with van der Waals surface area (Å²) in [4.78, 5) is 11.1. The molecule has 0 aromatic heterocycles. The van der Waals surface area contributed by atoms with Crippen molar-refractivity contribution in [2.45, 2.75) is 34.1 Å². The third-order valence-corrected chi connectivity index (χ3v) is 2.75. The topological polar surface area (TPSA) is 38.3 Å². The van der Waals surface area contributed by atoms with Gasteiger partial charge < -0.3 is 10.1 Å². The molecule has 0 saturated heterocycles. The van der Waals surface area contributed by atoms with E-state index >= 15 is 0 Å². The van der Waals surface area contributed by atoms with E-state index in [1.54, 1.807) is 7.11 Å². The van der Waals surface area contributed by atoms with Gasteiger partial charge in [-0.05, 0) is 34.5 Å². The Bertz CT molecular complexity index is 378. The smallest absolute Gasteiger partial charge is 0.221 e. The summed E-state index contributed by atoms with van der Waals surface area (Å²) in [5.74, 6) is 0.711. The molecule has 0 unspecified atom stereocenters. The van der Waals surface area contributed by atoms with E-state index < -0.39 is 0 Å². The number of halogens is 1. The summed E-state index contributed by atoms with van der Waals surface area (Å²) < 4.78 is 6.11. The van der Waals surface area contributed by atoms with Crippen LogP contribution in [0.3, 0.4) is 0 Å². The minimum atomic E-state index is -0.0846. The molecule has 0 fully saturated rings. The Morgan fingerprint density at radius 1 is 1.41 bits per heavy atom. The van der Waals surface area contributed by atoms with Gasteiger partial charge in [-0.3, -0.25) is 4.79 Å².